The van der Waals surface area contributed by atoms with Crippen molar-refractivity contribution >= 4 is 0 Å². The Kier molecular flexibility index (Phi) is 3.99. The summed E-state index contributed by atoms with van der Waals surface area (Å²) in [6, 6.07) is 8.27. The van der Waals surface area contributed by atoms with Crippen LogP contribution in [0.15, 0.2) is 24.3 Å². The summed E-state index contributed by atoms with van der Waals surface area (Å²) >= 11 is 0. The van der Waals surface area contributed by atoms with Gasteiger partial charge in [0.2, 0.25) is 0 Å². The molecule has 3 rings (SSSR count). The zero-order chi connectivity index (χ0) is 14.0. The molecule has 0 amide bonds. The van der Waals surface area contributed by atoms with E-state index in [-0.39, 0.29) is 11.6 Å². The van der Waals surface area contributed by atoms with Gasteiger partial charge in [0.25, 0.3) is 0 Å². The molecule has 1 spiro atoms. The van der Waals surface area contributed by atoms with Crippen LogP contribution >= 0.6 is 0 Å². The second-order valence-corrected chi connectivity index (χ2v) is 6.33. The van der Waals surface area contributed by atoms with E-state index < -0.39 is 0 Å². The monoisotopic (exact) mass is 275 g/mol. The SMILES string of the molecule is C[C@@H](N)c1ccc(OC2CCOC3(CCCC3)C2)cc1. The van der Waals surface area contributed by atoms with Gasteiger partial charge in [0.05, 0.1) is 12.2 Å². The molecule has 1 aliphatic heterocycles. The van der Waals surface area contributed by atoms with Crippen LogP contribution in [0.25, 0.3) is 0 Å². The summed E-state index contributed by atoms with van der Waals surface area (Å²) in [5, 5.41) is 0. The molecule has 3 nitrogen and oxygen atoms in total. The highest BCUT2D eigenvalue weighted by Gasteiger charge is 2.40. The summed E-state index contributed by atoms with van der Waals surface area (Å²) in [6.45, 7) is 2.83. The molecule has 0 aromatic heterocycles. The Morgan fingerprint density at radius 2 is 1.95 bits per heavy atom. The molecule has 20 heavy (non-hydrogen) atoms. The van der Waals surface area contributed by atoms with Gasteiger partial charge in [-0.05, 0) is 37.5 Å². The summed E-state index contributed by atoms with van der Waals surface area (Å²) in [6.07, 6.45) is 7.35. The van der Waals surface area contributed by atoms with E-state index >= 15 is 0 Å². The molecule has 1 aliphatic carbocycles. The van der Waals surface area contributed by atoms with Crippen molar-refractivity contribution in [2.75, 3.05) is 6.61 Å². The minimum absolute atomic E-state index is 0.0777. The lowest BCUT2D eigenvalue weighted by atomic mass is 9.90. The van der Waals surface area contributed by atoms with Crippen LogP contribution in [-0.2, 0) is 4.74 Å². The van der Waals surface area contributed by atoms with Gasteiger partial charge in [-0.2, -0.15) is 0 Å². The fraction of sp³-hybridized carbons (Fsp3) is 0.647. The first kappa shape index (κ1) is 13.9. The minimum Gasteiger partial charge on any atom is -0.490 e. The van der Waals surface area contributed by atoms with Gasteiger partial charge in [0, 0.05) is 18.9 Å². The van der Waals surface area contributed by atoms with Gasteiger partial charge in [0.1, 0.15) is 11.9 Å². The summed E-state index contributed by atoms with van der Waals surface area (Å²) in [5.74, 6) is 0.953. The van der Waals surface area contributed by atoms with Gasteiger partial charge in [-0.1, -0.05) is 25.0 Å². The second-order valence-electron chi connectivity index (χ2n) is 6.33. The molecule has 110 valence electrons. The molecule has 2 aliphatic rings. The average molecular weight is 275 g/mol. The zero-order valence-corrected chi connectivity index (χ0v) is 12.3. The van der Waals surface area contributed by atoms with Crippen molar-refractivity contribution in [2.24, 2.45) is 5.73 Å². The fourth-order valence-electron chi connectivity index (χ4n) is 3.49. The molecule has 1 saturated carbocycles. The third-order valence-corrected chi connectivity index (χ3v) is 4.67. The van der Waals surface area contributed by atoms with Crippen LogP contribution in [-0.4, -0.2) is 18.3 Å². The van der Waals surface area contributed by atoms with Crippen LogP contribution < -0.4 is 10.5 Å². The van der Waals surface area contributed by atoms with E-state index in [1.54, 1.807) is 0 Å². The third-order valence-electron chi connectivity index (χ3n) is 4.67. The summed E-state index contributed by atoms with van der Waals surface area (Å²) < 4.78 is 12.2. The highest BCUT2D eigenvalue weighted by molar-refractivity contribution is 5.29. The smallest absolute Gasteiger partial charge is 0.119 e. The van der Waals surface area contributed by atoms with E-state index in [2.05, 4.69) is 12.1 Å². The number of hydrogen-bond donors (Lipinski definition) is 1. The van der Waals surface area contributed by atoms with Crippen LogP contribution in [0.1, 0.15) is 57.1 Å². The number of hydrogen-bond acceptors (Lipinski definition) is 3. The van der Waals surface area contributed by atoms with E-state index in [1.165, 1.54) is 25.7 Å². The quantitative estimate of drug-likeness (QED) is 0.917. The zero-order valence-electron chi connectivity index (χ0n) is 12.3. The van der Waals surface area contributed by atoms with Gasteiger partial charge in [-0.15, -0.1) is 0 Å². The summed E-state index contributed by atoms with van der Waals surface area (Å²) in [4.78, 5) is 0. The molecular formula is C17H25NO2. The molecule has 1 heterocycles. The van der Waals surface area contributed by atoms with Crippen molar-refractivity contribution in [1.82, 2.24) is 0 Å². The molecule has 1 aromatic carbocycles. The van der Waals surface area contributed by atoms with Crippen molar-refractivity contribution in [1.29, 1.82) is 0 Å². The van der Waals surface area contributed by atoms with Gasteiger partial charge in [-0.3, -0.25) is 0 Å². The maximum atomic E-state index is 6.16. The van der Waals surface area contributed by atoms with Gasteiger partial charge in [-0.25, -0.2) is 0 Å². The maximum absolute atomic E-state index is 6.16. The van der Waals surface area contributed by atoms with E-state index in [0.29, 0.717) is 6.10 Å². The van der Waals surface area contributed by atoms with Gasteiger partial charge >= 0.3 is 0 Å². The Labute approximate surface area is 121 Å². The predicted molar refractivity (Wildman–Crippen MR) is 79.8 cm³/mol. The maximum Gasteiger partial charge on any atom is 0.119 e. The summed E-state index contributed by atoms with van der Waals surface area (Å²) in [7, 11) is 0. The standard InChI is InChI=1S/C17H25NO2/c1-13(18)14-4-6-15(7-5-14)20-16-8-11-19-17(12-16)9-2-3-10-17/h4-7,13,16H,2-3,8-12,18H2,1H3/t13-,16?/m1/s1. The Morgan fingerprint density at radius 1 is 1.25 bits per heavy atom. The number of ether oxygens (including phenoxy) is 2. The first-order valence-corrected chi connectivity index (χ1v) is 7.83. The van der Waals surface area contributed by atoms with E-state index in [9.17, 15) is 0 Å². The first-order valence-electron chi connectivity index (χ1n) is 7.83. The largest absolute Gasteiger partial charge is 0.490 e. The van der Waals surface area contributed by atoms with E-state index in [4.69, 9.17) is 15.2 Å². The topological polar surface area (TPSA) is 44.5 Å². The average Bonchev–Trinajstić information content (AvgIpc) is 2.87. The Balaban J connectivity index is 1.62. The Bertz CT molecular complexity index is 435. The van der Waals surface area contributed by atoms with E-state index in [0.717, 1.165) is 30.8 Å². The van der Waals surface area contributed by atoms with E-state index in [1.807, 2.05) is 19.1 Å². The molecule has 2 atom stereocenters. The van der Waals surface area contributed by atoms with Crippen molar-refractivity contribution in [3.05, 3.63) is 29.8 Å². The predicted octanol–water partition coefficient (Wildman–Crippen LogP) is 3.58. The number of rotatable bonds is 3. The first-order chi connectivity index (χ1) is 9.67. The van der Waals surface area contributed by atoms with Gasteiger partial charge < -0.3 is 15.2 Å². The van der Waals surface area contributed by atoms with Crippen LogP contribution in [0.4, 0.5) is 0 Å². The van der Waals surface area contributed by atoms with Crippen LogP contribution in [0.2, 0.25) is 0 Å². The highest BCUT2D eigenvalue weighted by atomic mass is 16.5. The van der Waals surface area contributed by atoms with Crippen molar-refractivity contribution in [2.45, 2.75) is 63.2 Å². The van der Waals surface area contributed by atoms with Crippen LogP contribution in [0, 0.1) is 0 Å². The van der Waals surface area contributed by atoms with Gasteiger partial charge in [0.15, 0.2) is 0 Å². The number of nitrogens with two attached hydrogens (primary N) is 1. The van der Waals surface area contributed by atoms with Crippen molar-refractivity contribution in [3.8, 4) is 5.75 Å². The second kappa shape index (κ2) is 5.74. The minimum atomic E-state index is 0.0777. The Hall–Kier alpha value is -1.06. The molecule has 2 fully saturated rings. The lowest BCUT2D eigenvalue weighted by Gasteiger charge is -2.38. The molecule has 1 saturated heterocycles. The van der Waals surface area contributed by atoms with Crippen LogP contribution in [0.3, 0.4) is 0 Å². The lowest BCUT2D eigenvalue weighted by molar-refractivity contribution is -0.108. The summed E-state index contributed by atoms with van der Waals surface area (Å²) in [5.41, 5.74) is 7.14. The molecule has 3 heteroatoms. The molecule has 2 N–H and O–H groups in total. The molecule has 0 radical (unpaired) electrons. The van der Waals surface area contributed by atoms with Crippen molar-refractivity contribution < 1.29 is 9.47 Å². The number of benzene rings is 1. The molecule has 1 aromatic rings. The highest BCUT2D eigenvalue weighted by Crippen LogP contribution is 2.40. The van der Waals surface area contributed by atoms with Crippen molar-refractivity contribution in [3.63, 3.8) is 0 Å². The normalized spacial score (nSPS) is 26.6. The molecule has 1 unspecified atom stereocenters. The third kappa shape index (κ3) is 2.99. The molecular weight excluding hydrogens is 250 g/mol. The fourth-order valence-corrected chi connectivity index (χ4v) is 3.49. The van der Waals surface area contributed by atoms with Crippen LogP contribution in [0.5, 0.6) is 5.75 Å². The molecule has 0 bridgehead atoms. The lowest BCUT2D eigenvalue weighted by Crippen LogP contribution is -2.41. The Morgan fingerprint density at radius 3 is 2.60 bits per heavy atom.